The molecule has 2 rings (SSSR count). The van der Waals surface area contributed by atoms with Crippen LogP contribution in [0.15, 0.2) is 29.2 Å². The topological polar surface area (TPSA) is 75.4 Å². The Kier molecular flexibility index (Phi) is 5.15. The SMILES string of the molecule is CC(NCCN1CCCC1)c1cccc(S(N)(=O)=O)c1. The highest BCUT2D eigenvalue weighted by Crippen LogP contribution is 2.16. The summed E-state index contributed by atoms with van der Waals surface area (Å²) < 4.78 is 22.7. The van der Waals surface area contributed by atoms with Crippen molar-refractivity contribution in [3.8, 4) is 0 Å². The zero-order chi connectivity index (χ0) is 14.6. The predicted octanol–water partition coefficient (Wildman–Crippen LogP) is 1.08. The van der Waals surface area contributed by atoms with E-state index < -0.39 is 10.0 Å². The first-order chi connectivity index (χ1) is 9.47. The maximum absolute atomic E-state index is 11.3. The Balaban J connectivity index is 1.90. The number of hydrogen-bond acceptors (Lipinski definition) is 4. The van der Waals surface area contributed by atoms with Crippen LogP contribution < -0.4 is 10.5 Å². The van der Waals surface area contributed by atoms with Gasteiger partial charge in [-0.15, -0.1) is 0 Å². The van der Waals surface area contributed by atoms with Crippen molar-refractivity contribution in [1.29, 1.82) is 0 Å². The molecule has 0 saturated carbocycles. The van der Waals surface area contributed by atoms with Crippen LogP contribution in [0.2, 0.25) is 0 Å². The summed E-state index contributed by atoms with van der Waals surface area (Å²) in [4.78, 5) is 2.61. The van der Waals surface area contributed by atoms with Gasteiger partial charge in [0.15, 0.2) is 0 Å². The average molecular weight is 297 g/mol. The second kappa shape index (κ2) is 6.67. The van der Waals surface area contributed by atoms with Gasteiger partial charge in [0.25, 0.3) is 0 Å². The van der Waals surface area contributed by atoms with Gasteiger partial charge < -0.3 is 10.2 Å². The fourth-order valence-corrected chi connectivity index (χ4v) is 3.09. The maximum atomic E-state index is 11.3. The van der Waals surface area contributed by atoms with Crippen LogP contribution >= 0.6 is 0 Å². The molecule has 1 fully saturated rings. The van der Waals surface area contributed by atoms with Crippen LogP contribution in [0.3, 0.4) is 0 Å². The summed E-state index contributed by atoms with van der Waals surface area (Å²) >= 11 is 0. The smallest absolute Gasteiger partial charge is 0.238 e. The highest BCUT2D eigenvalue weighted by Gasteiger charge is 2.13. The average Bonchev–Trinajstić information content (AvgIpc) is 2.91. The molecule has 0 bridgehead atoms. The number of likely N-dealkylation sites (tertiary alicyclic amines) is 1. The Morgan fingerprint density at radius 3 is 2.70 bits per heavy atom. The van der Waals surface area contributed by atoms with Crippen molar-refractivity contribution in [3.05, 3.63) is 29.8 Å². The number of nitrogens with one attached hydrogen (secondary N) is 1. The van der Waals surface area contributed by atoms with Crippen molar-refractivity contribution >= 4 is 10.0 Å². The Hall–Kier alpha value is -0.950. The summed E-state index contributed by atoms with van der Waals surface area (Å²) in [7, 11) is -3.63. The van der Waals surface area contributed by atoms with Crippen LogP contribution in [0, 0.1) is 0 Å². The first kappa shape index (κ1) is 15.4. The van der Waals surface area contributed by atoms with Crippen LogP contribution in [0.25, 0.3) is 0 Å². The largest absolute Gasteiger partial charge is 0.309 e. The zero-order valence-corrected chi connectivity index (χ0v) is 12.7. The fourth-order valence-electron chi connectivity index (χ4n) is 2.52. The summed E-state index contributed by atoms with van der Waals surface area (Å²) in [6.45, 7) is 6.36. The fraction of sp³-hybridized carbons (Fsp3) is 0.571. The first-order valence-corrected chi connectivity index (χ1v) is 8.60. The van der Waals surface area contributed by atoms with Crippen molar-refractivity contribution < 1.29 is 8.42 Å². The molecule has 0 aliphatic carbocycles. The van der Waals surface area contributed by atoms with Crippen molar-refractivity contribution in [2.75, 3.05) is 26.2 Å². The van der Waals surface area contributed by atoms with E-state index in [9.17, 15) is 8.42 Å². The van der Waals surface area contributed by atoms with Gasteiger partial charge in [0.05, 0.1) is 4.90 Å². The molecule has 112 valence electrons. The number of rotatable bonds is 6. The van der Waals surface area contributed by atoms with E-state index in [-0.39, 0.29) is 10.9 Å². The maximum Gasteiger partial charge on any atom is 0.238 e. The van der Waals surface area contributed by atoms with E-state index in [0.717, 1.165) is 18.7 Å². The lowest BCUT2D eigenvalue weighted by Gasteiger charge is -2.19. The van der Waals surface area contributed by atoms with E-state index >= 15 is 0 Å². The molecule has 1 saturated heterocycles. The van der Waals surface area contributed by atoms with Gasteiger partial charge in [0, 0.05) is 19.1 Å². The van der Waals surface area contributed by atoms with E-state index in [4.69, 9.17) is 5.14 Å². The van der Waals surface area contributed by atoms with Gasteiger partial charge in [-0.25, -0.2) is 13.6 Å². The minimum Gasteiger partial charge on any atom is -0.309 e. The number of nitrogens with zero attached hydrogens (tertiary/aromatic N) is 1. The molecule has 0 aromatic heterocycles. The monoisotopic (exact) mass is 297 g/mol. The van der Waals surface area contributed by atoms with Gasteiger partial charge >= 0.3 is 0 Å². The molecule has 1 heterocycles. The van der Waals surface area contributed by atoms with Crippen molar-refractivity contribution in [2.45, 2.75) is 30.7 Å². The molecule has 0 amide bonds. The van der Waals surface area contributed by atoms with E-state index in [2.05, 4.69) is 10.2 Å². The lowest BCUT2D eigenvalue weighted by Crippen LogP contribution is -2.31. The van der Waals surface area contributed by atoms with Gasteiger partial charge in [0.2, 0.25) is 10.0 Å². The highest BCUT2D eigenvalue weighted by molar-refractivity contribution is 7.89. The first-order valence-electron chi connectivity index (χ1n) is 7.05. The predicted molar refractivity (Wildman–Crippen MR) is 79.9 cm³/mol. The summed E-state index contributed by atoms with van der Waals surface area (Å²) in [5.41, 5.74) is 0.943. The summed E-state index contributed by atoms with van der Waals surface area (Å²) in [5, 5.41) is 8.58. The Labute approximate surface area is 121 Å². The van der Waals surface area contributed by atoms with Gasteiger partial charge in [-0.05, 0) is 50.6 Å². The number of nitrogens with two attached hydrogens (primary N) is 1. The molecule has 1 aliphatic rings. The molecular weight excluding hydrogens is 274 g/mol. The second-order valence-corrected chi connectivity index (χ2v) is 6.90. The lowest BCUT2D eigenvalue weighted by molar-refractivity contribution is 0.330. The minimum absolute atomic E-state index is 0.110. The molecule has 1 aliphatic heterocycles. The molecule has 0 spiro atoms. The standard InChI is InChI=1S/C14H23N3O2S/c1-12(16-7-10-17-8-2-3-9-17)13-5-4-6-14(11-13)20(15,18)19/h4-6,11-12,16H,2-3,7-10H2,1H3,(H2,15,18,19). The van der Waals surface area contributed by atoms with Crippen LogP contribution in [-0.2, 0) is 10.0 Å². The summed E-state index contributed by atoms with van der Waals surface area (Å²) in [6, 6.07) is 6.92. The molecule has 1 aromatic carbocycles. The van der Waals surface area contributed by atoms with Crippen LogP contribution in [0.1, 0.15) is 31.4 Å². The minimum atomic E-state index is -3.63. The van der Waals surface area contributed by atoms with E-state index in [1.807, 2.05) is 13.0 Å². The number of sulfonamides is 1. The van der Waals surface area contributed by atoms with Crippen LogP contribution in [0.5, 0.6) is 0 Å². The third-order valence-corrected chi connectivity index (χ3v) is 4.67. The van der Waals surface area contributed by atoms with Gasteiger partial charge in [0.1, 0.15) is 0 Å². The van der Waals surface area contributed by atoms with Crippen molar-refractivity contribution in [1.82, 2.24) is 10.2 Å². The molecule has 3 N–H and O–H groups in total. The van der Waals surface area contributed by atoms with Crippen molar-refractivity contribution in [2.24, 2.45) is 5.14 Å². The molecule has 1 atom stereocenters. The molecule has 1 unspecified atom stereocenters. The quantitative estimate of drug-likeness (QED) is 0.824. The molecule has 0 radical (unpaired) electrons. The molecule has 6 heteroatoms. The second-order valence-electron chi connectivity index (χ2n) is 5.34. The van der Waals surface area contributed by atoms with Gasteiger partial charge in [-0.1, -0.05) is 12.1 Å². The van der Waals surface area contributed by atoms with E-state index in [1.165, 1.54) is 32.0 Å². The van der Waals surface area contributed by atoms with Gasteiger partial charge in [-0.2, -0.15) is 0 Å². The highest BCUT2D eigenvalue weighted by atomic mass is 32.2. The Morgan fingerprint density at radius 2 is 2.05 bits per heavy atom. The lowest BCUT2D eigenvalue weighted by atomic mass is 10.1. The van der Waals surface area contributed by atoms with Gasteiger partial charge in [-0.3, -0.25) is 0 Å². The summed E-state index contributed by atoms with van der Waals surface area (Å²) in [6.07, 6.45) is 2.60. The normalized spacial score (nSPS) is 18.3. The zero-order valence-electron chi connectivity index (χ0n) is 11.9. The van der Waals surface area contributed by atoms with E-state index in [0.29, 0.717) is 0 Å². The summed E-state index contributed by atoms with van der Waals surface area (Å²) in [5.74, 6) is 0. The third kappa shape index (κ3) is 4.28. The van der Waals surface area contributed by atoms with Crippen LogP contribution in [-0.4, -0.2) is 39.5 Å². The number of benzene rings is 1. The van der Waals surface area contributed by atoms with E-state index in [1.54, 1.807) is 12.1 Å². The van der Waals surface area contributed by atoms with Crippen LogP contribution in [0.4, 0.5) is 0 Å². The molecule has 5 nitrogen and oxygen atoms in total. The Morgan fingerprint density at radius 1 is 1.35 bits per heavy atom. The molecule has 20 heavy (non-hydrogen) atoms. The Bertz CT molecular complexity index is 539. The number of hydrogen-bond donors (Lipinski definition) is 2. The van der Waals surface area contributed by atoms with Crippen molar-refractivity contribution in [3.63, 3.8) is 0 Å². The molecule has 1 aromatic rings. The number of primary sulfonamides is 1. The molecular formula is C14H23N3O2S. The third-order valence-electron chi connectivity index (χ3n) is 3.76.